The minimum Gasteiger partial charge on any atom is -0.378 e. The van der Waals surface area contributed by atoms with Crippen molar-refractivity contribution >= 4 is 38.3 Å². The van der Waals surface area contributed by atoms with E-state index in [1.165, 1.54) is 11.3 Å². The molecule has 1 N–H and O–H groups in total. The van der Waals surface area contributed by atoms with Crippen LogP contribution in [-0.2, 0) is 9.53 Å². The molecule has 1 unspecified atom stereocenters. The molecule has 0 saturated carbocycles. The molecule has 1 aromatic rings. The van der Waals surface area contributed by atoms with E-state index >= 15 is 0 Å². The number of amides is 1. The second kappa shape index (κ2) is 5.05. The van der Waals surface area contributed by atoms with Crippen LogP contribution in [0.5, 0.6) is 0 Å². The number of thiazole rings is 1. The van der Waals surface area contributed by atoms with Crippen LogP contribution in [0.3, 0.4) is 0 Å². The quantitative estimate of drug-likeness (QED) is 0.930. The molecule has 1 atom stereocenters. The molecule has 2 heterocycles. The monoisotopic (exact) mass is 290 g/mol. The Hall–Kier alpha value is -0.460. The lowest BCUT2D eigenvalue weighted by molar-refractivity contribution is -0.118. The highest BCUT2D eigenvalue weighted by Gasteiger charge is 2.19. The van der Waals surface area contributed by atoms with Crippen LogP contribution in [0.1, 0.15) is 19.3 Å². The van der Waals surface area contributed by atoms with Gasteiger partial charge in [0.2, 0.25) is 5.91 Å². The van der Waals surface area contributed by atoms with E-state index in [2.05, 4.69) is 26.2 Å². The predicted molar refractivity (Wildman–Crippen MR) is 62.0 cm³/mol. The zero-order chi connectivity index (χ0) is 10.7. The summed E-state index contributed by atoms with van der Waals surface area (Å²) < 4.78 is 6.29. The van der Waals surface area contributed by atoms with E-state index in [-0.39, 0.29) is 12.0 Å². The Morgan fingerprint density at radius 3 is 3.27 bits per heavy atom. The van der Waals surface area contributed by atoms with Crippen LogP contribution < -0.4 is 5.32 Å². The van der Waals surface area contributed by atoms with Gasteiger partial charge in [-0.25, -0.2) is 4.98 Å². The summed E-state index contributed by atoms with van der Waals surface area (Å²) in [6, 6.07) is 0. The first-order chi connectivity index (χ1) is 7.24. The van der Waals surface area contributed by atoms with Crippen molar-refractivity contribution in [3.63, 3.8) is 0 Å². The number of rotatable bonds is 3. The molecular formula is C9H11BrN2O2S. The van der Waals surface area contributed by atoms with E-state index in [0.29, 0.717) is 11.6 Å². The summed E-state index contributed by atoms with van der Waals surface area (Å²) >= 11 is 4.70. The fraction of sp³-hybridized carbons (Fsp3) is 0.556. The molecule has 4 nitrogen and oxygen atoms in total. The Balaban J connectivity index is 1.81. The van der Waals surface area contributed by atoms with Crippen LogP contribution in [0.25, 0.3) is 0 Å². The van der Waals surface area contributed by atoms with Gasteiger partial charge in [-0.1, -0.05) is 11.3 Å². The number of nitrogens with zero attached hydrogens (tertiary/aromatic N) is 1. The topological polar surface area (TPSA) is 51.2 Å². The van der Waals surface area contributed by atoms with Gasteiger partial charge in [-0.3, -0.25) is 4.79 Å². The third-order valence-electron chi connectivity index (χ3n) is 2.16. The summed E-state index contributed by atoms with van der Waals surface area (Å²) in [4.78, 5) is 15.6. The van der Waals surface area contributed by atoms with Gasteiger partial charge in [-0.05, 0) is 28.8 Å². The van der Waals surface area contributed by atoms with Crippen molar-refractivity contribution in [3.8, 4) is 0 Å². The number of nitrogens with one attached hydrogen (secondary N) is 1. The smallest absolute Gasteiger partial charge is 0.228 e. The first-order valence-corrected chi connectivity index (χ1v) is 6.38. The standard InChI is InChI=1S/C9H11BrN2O2S/c10-7-5-11-9(15-7)12-8(13)4-6-2-1-3-14-6/h5-6H,1-4H2,(H,11,12,13). The lowest BCUT2D eigenvalue weighted by Gasteiger charge is -2.07. The highest BCUT2D eigenvalue weighted by molar-refractivity contribution is 9.11. The summed E-state index contributed by atoms with van der Waals surface area (Å²) in [6.45, 7) is 0.779. The Labute approximate surface area is 100 Å². The highest BCUT2D eigenvalue weighted by atomic mass is 79.9. The predicted octanol–water partition coefficient (Wildman–Crippen LogP) is 2.41. The Morgan fingerprint density at radius 1 is 1.80 bits per heavy atom. The van der Waals surface area contributed by atoms with Crippen molar-refractivity contribution in [1.29, 1.82) is 0 Å². The van der Waals surface area contributed by atoms with Crippen LogP contribution in [0, 0.1) is 0 Å². The van der Waals surface area contributed by atoms with E-state index in [4.69, 9.17) is 4.74 Å². The summed E-state index contributed by atoms with van der Waals surface area (Å²) in [5.41, 5.74) is 0. The fourth-order valence-corrected chi connectivity index (χ4v) is 2.62. The molecule has 1 amide bonds. The molecule has 1 aliphatic heterocycles. The first-order valence-electron chi connectivity index (χ1n) is 4.77. The van der Waals surface area contributed by atoms with E-state index in [9.17, 15) is 4.79 Å². The number of ether oxygens (including phenoxy) is 1. The molecule has 0 aromatic carbocycles. The van der Waals surface area contributed by atoms with E-state index in [1.54, 1.807) is 6.20 Å². The van der Waals surface area contributed by atoms with Gasteiger partial charge in [0.1, 0.15) is 0 Å². The van der Waals surface area contributed by atoms with Crippen molar-refractivity contribution < 1.29 is 9.53 Å². The average molecular weight is 291 g/mol. The van der Waals surface area contributed by atoms with E-state index in [0.717, 1.165) is 23.2 Å². The van der Waals surface area contributed by atoms with Gasteiger partial charge in [-0.2, -0.15) is 0 Å². The number of anilines is 1. The maximum absolute atomic E-state index is 11.5. The highest BCUT2D eigenvalue weighted by Crippen LogP contribution is 2.23. The third-order valence-corrected chi connectivity index (χ3v) is 3.55. The van der Waals surface area contributed by atoms with Gasteiger partial charge in [0.25, 0.3) is 0 Å². The van der Waals surface area contributed by atoms with Crippen LogP contribution in [0.4, 0.5) is 5.13 Å². The zero-order valence-electron chi connectivity index (χ0n) is 8.03. The molecule has 0 radical (unpaired) electrons. The average Bonchev–Trinajstić information content (AvgIpc) is 2.77. The van der Waals surface area contributed by atoms with Gasteiger partial charge >= 0.3 is 0 Å². The minimum atomic E-state index is -0.0243. The van der Waals surface area contributed by atoms with Crippen LogP contribution >= 0.6 is 27.3 Å². The molecule has 0 aliphatic carbocycles. The number of carbonyl (C=O) groups excluding carboxylic acids is 1. The largest absolute Gasteiger partial charge is 0.378 e. The maximum atomic E-state index is 11.5. The Bertz CT molecular complexity index is 350. The number of aromatic nitrogens is 1. The molecule has 15 heavy (non-hydrogen) atoms. The lowest BCUT2D eigenvalue weighted by Crippen LogP contribution is -2.19. The molecular weight excluding hydrogens is 280 g/mol. The van der Waals surface area contributed by atoms with Gasteiger partial charge in [-0.15, -0.1) is 0 Å². The molecule has 2 rings (SSSR count). The van der Waals surface area contributed by atoms with Gasteiger partial charge in [0.05, 0.1) is 22.5 Å². The van der Waals surface area contributed by atoms with Gasteiger partial charge in [0.15, 0.2) is 5.13 Å². The molecule has 1 aromatic heterocycles. The number of hydrogen-bond donors (Lipinski definition) is 1. The van der Waals surface area contributed by atoms with E-state index in [1.807, 2.05) is 0 Å². The number of carbonyl (C=O) groups is 1. The van der Waals surface area contributed by atoms with Crippen LogP contribution in [0.15, 0.2) is 9.98 Å². The molecule has 0 bridgehead atoms. The van der Waals surface area contributed by atoms with Crippen molar-refractivity contribution in [1.82, 2.24) is 4.98 Å². The van der Waals surface area contributed by atoms with Crippen LogP contribution in [-0.4, -0.2) is 23.6 Å². The third kappa shape index (κ3) is 3.25. The second-order valence-corrected chi connectivity index (χ2v) is 5.77. The minimum absolute atomic E-state index is 0.0243. The molecule has 1 aliphatic rings. The molecule has 82 valence electrons. The van der Waals surface area contributed by atoms with Crippen molar-refractivity contribution in [2.75, 3.05) is 11.9 Å². The van der Waals surface area contributed by atoms with Crippen LogP contribution in [0.2, 0.25) is 0 Å². The van der Waals surface area contributed by atoms with Crippen molar-refractivity contribution in [2.45, 2.75) is 25.4 Å². The molecule has 6 heteroatoms. The molecule has 0 spiro atoms. The zero-order valence-corrected chi connectivity index (χ0v) is 10.4. The fourth-order valence-electron chi connectivity index (χ4n) is 1.49. The normalized spacial score (nSPS) is 20.5. The second-order valence-electron chi connectivity index (χ2n) is 3.36. The van der Waals surface area contributed by atoms with Crippen molar-refractivity contribution in [3.05, 3.63) is 9.98 Å². The summed E-state index contributed by atoms with van der Waals surface area (Å²) in [5.74, 6) is -0.0243. The molecule has 1 saturated heterocycles. The summed E-state index contributed by atoms with van der Waals surface area (Å²) in [7, 11) is 0. The van der Waals surface area contributed by atoms with E-state index < -0.39 is 0 Å². The maximum Gasteiger partial charge on any atom is 0.228 e. The first kappa shape index (κ1) is 11.0. The summed E-state index contributed by atoms with van der Waals surface area (Å²) in [5, 5.41) is 3.38. The van der Waals surface area contributed by atoms with Crippen molar-refractivity contribution in [2.24, 2.45) is 0 Å². The van der Waals surface area contributed by atoms with Gasteiger partial charge < -0.3 is 10.1 Å². The number of halogens is 1. The summed E-state index contributed by atoms with van der Waals surface area (Å²) in [6.07, 6.45) is 4.23. The SMILES string of the molecule is O=C(CC1CCCO1)Nc1ncc(Br)s1. The van der Waals surface area contributed by atoms with Gasteiger partial charge in [0, 0.05) is 6.61 Å². The lowest BCUT2D eigenvalue weighted by atomic mass is 10.2. The Morgan fingerprint density at radius 2 is 2.67 bits per heavy atom. The number of hydrogen-bond acceptors (Lipinski definition) is 4. The Kier molecular flexibility index (Phi) is 3.71. The molecule has 1 fully saturated rings.